The van der Waals surface area contributed by atoms with Crippen molar-refractivity contribution in [2.24, 2.45) is 0 Å². The van der Waals surface area contributed by atoms with Gasteiger partial charge < -0.3 is 14.2 Å². The number of H-pyrrole nitrogens is 1. The molecule has 0 aliphatic rings. The highest BCUT2D eigenvalue weighted by molar-refractivity contribution is 5.80. The van der Waals surface area contributed by atoms with Crippen LogP contribution in [0.15, 0.2) is 77.6 Å². The van der Waals surface area contributed by atoms with E-state index in [2.05, 4.69) is 20.1 Å². The Hall–Kier alpha value is -4.14. The molecule has 5 aromatic rings. The zero-order valence-corrected chi connectivity index (χ0v) is 16.4. The van der Waals surface area contributed by atoms with Gasteiger partial charge in [0.1, 0.15) is 12.4 Å². The highest BCUT2D eigenvalue weighted by Crippen LogP contribution is 2.39. The van der Waals surface area contributed by atoms with Gasteiger partial charge in [0.25, 0.3) is 5.89 Å². The average molecular weight is 436 g/mol. The van der Waals surface area contributed by atoms with Gasteiger partial charge in [-0.1, -0.05) is 35.5 Å². The van der Waals surface area contributed by atoms with Crippen LogP contribution in [0.5, 0.6) is 5.75 Å². The lowest BCUT2D eigenvalue weighted by molar-refractivity contribution is -0.139. The van der Waals surface area contributed by atoms with Gasteiger partial charge in [-0.2, -0.15) is 18.2 Å². The third-order valence-electron chi connectivity index (χ3n) is 4.87. The number of aromatic amines is 1. The fourth-order valence-corrected chi connectivity index (χ4v) is 3.27. The number of hydrogen-bond acceptors (Lipinski definition) is 5. The normalized spacial score (nSPS) is 11.7. The summed E-state index contributed by atoms with van der Waals surface area (Å²) in [4.78, 5) is 11.4. The standard InChI is InChI=1S/C23H15F3N4O2/c24-23(25,26)17-10-16(7-9-20(17)31-12-14-4-2-1-3-5-14)22-29-21(30-32-22)15-6-8-18-19(11-15)28-13-27-18/h1-11,13H,12H2,(H,27,28). The maximum atomic E-state index is 13.7. The number of benzene rings is 3. The van der Waals surface area contributed by atoms with Gasteiger partial charge >= 0.3 is 6.18 Å². The Kier molecular flexibility index (Phi) is 4.85. The molecular weight excluding hydrogens is 421 g/mol. The molecule has 0 saturated carbocycles. The predicted molar refractivity (Wildman–Crippen MR) is 111 cm³/mol. The van der Waals surface area contributed by atoms with Gasteiger partial charge in [-0.3, -0.25) is 0 Å². The molecule has 0 fully saturated rings. The van der Waals surface area contributed by atoms with Gasteiger partial charge in [0.05, 0.1) is 22.9 Å². The molecule has 1 N–H and O–H groups in total. The van der Waals surface area contributed by atoms with Gasteiger partial charge in [-0.05, 0) is 42.0 Å². The first kappa shape index (κ1) is 19.8. The van der Waals surface area contributed by atoms with E-state index in [1.807, 2.05) is 12.1 Å². The molecule has 2 heterocycles. The molecule has 5 rings (SSSR count). The largest absolute Gasteiger partial charge is 0.488 e. The van der Waals surface area contributed by atoms with Crippen LogP contribution >= 0.6 is 0 Å². The van der Waals surface area contributed by atoms with Gasteiger partial charge in [0, 0.05) is 11.1 Å². The fraction of sp³-hybridized carbons (Fsp3) is 0.0870. The molecule has 0 atom stereocenters. The van der Waals surface area contributed by atoms with Crippen molar-refractivity contribution < 1.29 is 22.4 Å². The van der Waals surface area contributed by atoms with Gasteiger partial charge in [0.2, 0.25) is 5.82 Å². The SMILES string of the molecule is FC(F)(F)c1cc(-c2nc(-c3ccc4[nH]cnc4c3)no2)ccc1OCc1ccccc1. The molecule has 0 radical (unpaired) electrons. The van der Waals surface area contributed by atoms with Crippen LogP contribution < -0.4 is 4.74 Å². The van der Waals surface area contributed by atoms with E-state index in [1.54, 1.807) is 42.7 Å². The summed E-state index contributed by atoms with van der Waals surface area (Å²) in [5, 5.41) is 3.91. The number of aromatic nitrogens is 4. The van der Waals surface area contributed by atoms with E-state index in [0.717, 1.165) is 17.1 Å². The lowest BCUT2D eigenvalue weighted by Crippen LogP contribution is -2.09. The minimum Gasteiger partial charge on any atom is -0.488 e. The van der Waals surface area contributed by atoms with Crippen LogP contribution in [0.4, 0.5) is 13.2 Å². The fourth-order valence-electron chi connectivity index (χ4n) is 3.27. The maximum Gasteiger partial charge on any atom is 0.419 e. The second-order valence-electron chi connectivity index (χ2n) is 7.04. The molecule has 2 aromatic heterocycles. The molecule has 9 heteroatoms. The summed E-state index contributed by atoms with van der Waals surface area (Å²) < 4.78 is 51.8. The Morgan fingerprint density at radius 1 is 0.938 bits per heavy atom. The second kappa shape index (κ2) is 7.84. The molecule has 3 aromatic carbocycles. The zero-order chi connectivity index (χ0) is 22.1. The Morgan fingerprint density at radius 2 is 1.75 bits per heavy atom. The molecule has 0 aliphatic heterocycles. The van der Waals surface area contributed by atoms with Crippen molar-refractivity contribution in [3.8, 4) is 28.6 Å². The summed E-state index contributed by atoms with van der Waals surface area (Å²) >= 11 is 0. The number of halogens is 3. The summed E-state index contributed by atoms with van der Waals surface area (Å²) in [6.07, 6.45) is -3.05. The van der Waals surface area contributed by atoms with Crippen LogP contribution in [-0.4, -0.2) is 20.1 Å². The van der Waals surface area contributed by atoms with E-state index >= 15 is 0 Å². The highest BCUT2D eigenvalue weighted by atomic mass is 19.4. The van der Waals surface area contributed by atoms with E-state index in [-0.39, 0.29) is 29.6 Å². The molecule has 6 nitrogen and oxygen atoms in total. The monoisotopic (exact) mass is 436 g/mol. The molecular formula is C23H15F3N4O2. The van der Waals surface area contributed by atoms with Crippen molar-refractivity contribution in [2.45, 2.75) is 12.8 Å². The topological polar surface area (TPSA) is 76.8 Å². The maximum absolute atomic E-state index is 13.7. The van der Waals surface area contributed by atoms with Gasteiger partial charge in [-0.25, -0.2) is 4.98 Å². The van der Waals surface area contributed by atoms with E-state index in [1.165, 1.54) is 12.1 Å². The molecule has 0 spiro atoms. The summed E-state index contributed by atoms with van der Waals surface area (Å²) in [5.41, 5.74) is 2.19. The molecule has 0 aliphatic carbocycles. The van der Waals surface area contributed by atoms with Gasteiger partial charge in [0.15, 0.2) is 0 Å². The Bertz CT molecular complexity index is 1380. The zero-order valence-electron chi connectivity index (χ0n) is 16.4. The van der Waals surface area contributed by atoms with Crippen molar-refractivity contribution in [1.29, 1.82) is 0 Å². The molecule has 0 saturated heterocycles. The molecule has 0 amide bonds. The number of nitrogens with one attached hydrogen (secondary N) is 1. The minimum atomic E-state index is -4.62. The van der Waals surface area contributed by atoms with Crippen LogP contribution in [0.25, 0.3) is 33.9 Å². The second-order valence-corrected chi connectivity index (χ2v) is 7.04. The summed E-state index contributed by atoms with van der Waals surface area (Å²) in [5.74, 6) is -0.0427. The molecule has 0 bridgehead atoms. The van der Waals surface area contributed by atoms with Crippen LogP contribution in [0.3, 0.4) is 0 Å². The van der Waals surface area contributed by atoms with Crippen molar-refractivity contribution in [2.75, 3.05) is 0 Å². The summed E-state index contributed by atoms with van der Waals surface area (Å²) in [6.45, 7) is 0.0175. The third kappa shape index (κ3) is 3.92. The van der Waals surface area contributed by atoms with E-state index in [9.17, 15) is 13.2 Å². The van der Waals surface area contributed by atoms with Crippen molar-refractivity contribution >= 4 is 11.0 Å². The van der Waals surface area contributed by atoms with Crippen LogP contribution in [0.1, 0.15) is 11.1 Å². The van der Waals surface area contributed by atoms with E-state index < -0.39 is 11.7 Å². The van der Waals surface area contributed by atoms with Crippen molar-refractivity contribution in [3.63, 3.8) is 0 Å². The van der Waals surface area contributed by atoms with Crippen molar-refractivity contribution in [3.05, 3.63) is 84.2 Å². The average Bonchev–Trinajstić information content (AvgIpc) is 3.47. The highest BCUT2D eigenvalue weighted by Gasteiger charge is 2.35. The number of fused-ring (bicyclic) bond motifs is 1. The lowest BCUT2D eigenvalue weighted by Gasteiger charge is -2.14. The van der Waals surface area contributed by atoms with Crippen LogP contribution in [0.2, 0.25) is 0 Å². The Labute approximate surface area is 179 Å². The Balaban J connectivity index is 1.44. The van der Waals surface area contributed by atoms with Gasteiger partial charge in [-0.15, -0.1) is 0 Å². The smallest absolute Gasteiger partial charge is 0.419 e. The number of alkyl halides is 3. The minimum absolute atomic E-state index is 0.0175. The molecule has 0 unspecified atom stereocenters. The molecule has 32 heavy (non-hydrogen) atoms. The number of ether oxygens (including phenoxy) is 1. The summed E-state index contributed by atoms with van der Waals surface area (Å²) in [6, 6.07) is 18.0. The van der Waals surface area contributed by atoms with Crippen molar-refractivity contribution in [1.82, 2.24) is 20.1 Å². The Morgan fingerprint density at radius 3 is 2.56 bits per heavy atom. The quantitative estimate of drug-likeness (QED) is 0.372. The van der Waals surface area contributed by atoms with E-state index in [4.69, 9.17) is 9.26 Å². The third-order valence-corrected chi connectivity index (χ3v) is 4.87. The summed E-state index contributed by atoms with van der Waals surface area (Å²) in [7, 11) is 0. The number of nitrogens with zero attached hydrogens (tertiary/aromatic N) is 3. The molecule has 160 valence electrons. The predicted octanol–water partition coefficient (Wildman–Crippen LogP) is 5.88. The first-order chi connectivity index (χ1) is 15.5. The first-order valence-corrected chi connectivity index (χ1v) is 9.63. The lowest BCUT2D eigenvalue weighted by atomic mass is 10.1. The van der Waals surface area contributed by atoms with Crippen LogP contribution in [-0.2, 0) is 12.8 Å². The van der Waals surface area contributed by atoms with E-state index in [0.29, 0.717) is 11.1 Å². The van der Waals surface area contributed by atoms with Crippen LogP contribution in [0, 0.1) is 0 Å². The number of hydrogen-bond donors (Lipinski definition) is 1. The number of imidazole rings is 1. The number of rotatable bonds is 5. The first-order valence-electron chi connectivity index (χ1n) is 9.63.